The van der Waals surface area contributed by atoms with Crippen LogP contribution in [0.2, 0.25) is 5.02 Å². The number of ketones is 1. The predicted molar refractivity (Wildman–Crippen MR) is 76.6 cm³/mol. The summed E-state index contributed by atoms with van der Waals surface area (Å²) in [5, 5.41) is 4.94. The lowest BCUT2D eigenvalue weighted by atomic mass is 10.0. The number of hydrogen-bond acceptors (Lipinski definition) is 3. The third-order valence-corrected chi connectivity index (χ3v) is 3.13. The lowest BCUT2D eigenvalue weighted by molar-refractivity contribution is 0.105. The zero-order valence-corrected chi connectivity index (χ0v) is 11.0. The van der Waals surface area contributed by atoms with Crippen molar-refractivity contribution in [2.45, 2.75) is 0 Å². The van der Waals surface area contributed by atoms with Gasteiger partial charge in [-0.1, -0.05) is 23.7 Å². The van der Waals surface area contributed by atoms with Crippen LogP contribution in [0, 0.1) is 12.3 Å². The molecule has 1 aromatic carbocycles. The van der Waals surface area contributed by atoms with E-state index in [2.05, 4.69) is 16.0 Å². The summed E-state index contributed by atoms with van der Waals surface area (Å²) < 4.78 is 1.53. The minimum Gasteiger partial charge on any atom is -0.279 e. The Hall–Kier alpha value is -2.64. The Morgan fingerprint density at radius 3 is 2.95 bits per heavy atom. The van der Waals surface area contributed by atoms with Gasteiger partial charge in [-0.05, 0) is 24.1 Å². The predicted octanol–water partition coefficient (Wildman–Crippen LogP) is 2.87. The van der Waals surface area contributed by atoms with E-state index in [0.717, 1.165) is 5.56 Å². The van der Waals surface area contributed by atoms with E-state index in [1.165, 1.54) is 10.8 Å². The SMILES string of the molecule is C#CC(=O)c1c(-c2cccc(Cl)c2)nn2cnccc12. The third-order valence-electron chi connectivity index (χ3n) is 2.90. The summed E-state index contributed by atoms with van der Waals surface area (Å²) in [4.78, 5) is 16.0. The highest BCUT2D eigenvalue weighted by atomic mass is 35.5. The maximum Gasteiger partial charge on any atom is 0.240 e. The molecule has 20 heavy (non-hydrogen) atoms. The molecule has 0 atom stereocenters. The molecule has 0 spiro atoms. The second kappa shape index (κ2) is 4.80. The van der Waals surface area contributed by atoms with Gasteiger partial charge in [0.1, 0.15) is 12.0 Å². The van der Waals surface area contributed by atoms with Crippen molar-refractivity contribution in [1.29, 1.82) is 0 Å². The molecular formula is C15H8ClN3O. The number of halogens is 1. The molecule has 0 aliphatic heterocycles. The molecule has 0 aliphatic rings. The fraction of sp³-hybridized carbons (Fsp3) is 0. The van der Waals surface area contributed by atoms with Crippen LogP contribution in [-0.2, 0) is 0 Å². The molecule has 0 fully saturated rings. The largest absolute Gasteiger partial charge is 0.279 e. The topological polar surface area (TPSA) is 47.3 Å². The van der Waals surface area contributed by atoms with Gasteiger partial charge in [-0.3, -0.25) is 4.79 Å². The number of benzene rings is 1. The maximum atomic E-state index is 12.0. The molecule has 0 aliphatic carbocycles. The Bertz CT molecular complexity index is 861. The summed E-state index contributed by atoms with van der Waals surface area (Å²) in [6.07, 6.45) is 8.37. The number of Topliss-reactive ketones (excluding diaryl/α,β-unsaturated/α-hetero) is 1. The summed E-state index contributed by atoms with van der Waals surface area (Å²) in [6.45, 7) is 0. The van der Waals surface area contributed by atoms with Crippen LogP contribution in [0.5, 0.6) is 0 Å². The van der Waals surface area contributed by atoms with Gasteiger partial charge in [-0.25, -0.2) is 9.50 Å². The molecule has 0 radical (unpaired) electrons. The molecular weight excluding hydrogens is 274 g/mol. The molecule has 0 bridgehead atoms. The molecule has 0 amide bonds. The average molecular weight is 282 g/mol. The van der Waals surface area contributed by atoms with Crippen molar-refractivity contribution in [2.75, 3.05) is 0 Å². The van der Waals surface area contributed by atoms with Crippen LogP contribution in [0.4, 0.5) is 0 Å². The normalized spacial score (nSPS) is 10.4. The Labute approximate surface area is 120 Å². The van der Waals surface area contributed by atoms with E-state index in [1.54, 1.807) is 30.5 Å². The highest BCUT2D eigenvalue weighted by Gasteiger charge is 2.19. The van der Waals surface area contributed by atoms with Crippen molar-refractivity contribution in [3.8, 4) is 23.6 Å². The Kier molecular flexibility index (Phi) is 2.97. The molecule has 3 rings (SSSR count). The Morgan fingerprint density at radius 1 is 1.35 bits per heavy atom. The van der Waals surface area contributed by atoms with E-state index >= 15 is 0 Å². The molecule has 0 saturated heterocycles. The lowest BCUT2D eigenvalue weighted by Gasteiger charge is -1.99. The average Bonchev–Trinajstić information content (AvgIpc) is 2.86. The first-order valence-electron chi connectivity index (χ1n) is 5.80. The van der Waals surface area contributed by atoms with E-state index in [9.17, 15) is 4.79 Å². The van der Waals surface area contributed by atoms with Gasteiger partial charge in [0, 0.05) is 16.8 Å². The zero-order valence-electron chi connectivity index (χ0n) is 10.2. The summed E-state index contributed by atoms with van der Waals surface area (Å²) in [5.74, 6) is 1.72. The number of carbonyl (C=O) groups excluding carboxylic acids is 1. The Balaban J connectivity index is 2.35. The highest BCUT2D eigenvalue weighted by molar-refractivity contribution is 6.31. The number of terminal acetylenes is 1. The van der Waals surface area contributed by atoms with Crippen molar-refractivity contribution >= 4 is 22.9 Å². The summed E-state index contributed by atoms with van der Waals surface area (Å²) in [6, 6.07) is 8.82. The molecule has 5 heteroatoms. The maximum absolute atomic E-state index is 12.0. The molecule has 3 aromatic rings. The second-order valence-electron chi connectivity index (χ2n) is 4.12. The molecule has 2 aromatic heterocycles. The number of aromatic nitrogens is 3. The fourth-order valence-electron chi connectivity index (χ4n) is 2.04. The first-order valence-corrected chi connectivity index (χ1v) is 6.17. The minimum absolute atomic E-state index is 0.386. The van der Waals surface area contributed by atoms with Crippen LogP contribution in [0.3, 0.4) is 0 Å². The van der Waals surface area contributed by atoms with Gasteiger partial charge in [0.25, 0.3) is 0 Å². The summed E-state index contributed by atoms with van der Waals surface area (Å²) >= 11 is 5.99. The number of carbonyl (C=O) groups is 1. The minimum atomic E-state index is -0.416. The van der Waals surface area contributed by atoms with Gasteiger partial charge >= 0.3 is 0 Å². The van der Waals surface area contributed by atoms with Crippen molar-refractivity contribution in [3.05, 3.63) is 53.4 Å². The van der Waals surface area contributed by atoms with Gasteiger partial charge in [0.05, 0.1) is 11.1 Å². The van der Waals surface area contributed by atoms with Crippen molar-refractivity contribution in [1.82, 2.24) is 14.6 Å². The molecule has 0 unspecified atom stereocenters. The molecule has 4 nitrogen and oxygen atoms in total. The summed E-state index contributed by atoms with van der Waals surface area (Å²) in [5.41, 5.74) is 2.25. The number of fused-ring (bicyclic) bond motifs is 1. The van der Waals surface area contributed by atoms with Gasteiger partial charge in [-0.2, -0.15) is 5.10 Å². The van der Waals surface area contributed by atoms with Crippen molar-refractivity contribution in [2.24, 2.45) is 0 Å². The fourth-order valence-corrected chi connectivity index (χ4v) is 2.23. The van der Waals surface area contributed by atoms with Crippen LogP contribution < -0.4 is 0 Å². The third kappa shape index (κ3) is 1.94. The van der Waals surface area contributed by atoms with Crippen LogP contribution >= 0.6 is 11.6 Å². The molecule has 2 heterocycles. The smallest absolute Gasteiger partial charge is 0.240 e. The molecule has 0 saturated carbocycles. The van der Waals surface area contributed by atoms with E-state index < -0.39 is 5.78 Å². The van der Waals surface area contributed by atoms with Crippen LogP contribution in [0.15, 0.2) is 42.9 Å². The quantitative estimate of drug-likeness (QED) is 0.412. The van der Waals surface area contributed by atoms with Crippen LogP contribution in [-0.4, -0.2) is 20.4 Å². The highest BCUT2D eigenvalue weighted by Crippen LogP contribution is 2.28. The van der Waals surface area contributed by atoms with Gasteiger partial charge < -0.3 is 0 Å². The van der Waals surface area contributed by atoms with E-state index in [1.807, 2.05) is 6.07 Å². The first-order chi connectivity index (χ1) is 9.70. The first kappa shape index (κ1) is 12.4. The molecule has 96 valence electrons. The van der Waals surface area contributed by atoms with Crippen molar-refractivity contribution < 1.29 is 4.79 Å². The van der Waals surface area contributed by atoms with E-state index in [4.69, 9.17) is 18.0 Å². The van der Waals surface area contributed by atoms with Gasteiger partial charge in [-0.15, -0.1) is 6.42 Å². The summed E-state index contributed by atoms with van der Waals surface area (Å²) in [7, 11) is 0. The number of rotatable bonds is 2. The van der Waals surface area contributed by atoms with E-state index in [0.29, 0.717) is 21.8 Å². The van der Waals surface area contributed by atoms with Gasteiger partial charge in [0.2, 0.25) is 5.78 Å². The van der Waals surface area contributed by atoms with Crippen LogP contribution in [0.1, 0.15) is 10.4 Å². The van der Waals surface area contributed by atoms with Crippen molar-refractivity contribution in [3.63, 3.8) is 0 Å². The standard InChI is InChI=1S/C15H8ClN3O/c1-2-13(20)14-12-6-7-17-9-19(12)18-15(14)10-4-3-5-11(16)8-10/h1,3-9H. The number of nitrogens with zero attached hydrogens (tertiary/aromatic N) is 3. The zero-order chi connectivity index (χ0) is 14.1. The Morgan fingerprint density at radius 2 is 2.20 bits per heavy atom. The number of hydrogen-bond donors (Lipinski definition) is 0. The molecule has 0 N–H and O–H groups in total. The van der Waals surface area contributed by atoms with Gasteiger partial charge in [0.15, 0.2) is 0 Å². The van der Waals surface area contributed by atoms with E-state index in [-0.39, 0.29) is 0 Å². The lowest BCUT2D eigenvalue weighted by Crippen LogP contribution is -1.96. The van der Waals surface area contributed by atoms with Crippen LogP contribution in [0.25, 0.3) is 16.8 Å². The second-order valence-corrected chi connectivity index (χ2v) is 4.55. The monoisotopic (exact) mass is 281 g/mol.